The Balaban J connectivity index is 2.27. The molecule has 0 aromatic heterocycles. The van der Waals surface area contributed by atoms with Crippen LogP contribution in [0.15, 0.2) is 35.9 Å². The van der Waals surface area contributed by atoms with Gasteiger partial charge in [-0.05, 0) is 26.0 Å². The molecule has 5 nitrogen and oxygen atoms in total. The minimum absolute atomic E-state index is 0.244. The smallest absolute Gasteiger partial charge is 0.325 e. The molecule has 1 aromatic carbocycles. The molecule has 0 saturated heterocycles. The first-order valence-corrected chi connectivity index (χ1v) is 5.39. The zero-order valence-electron chi connectivity index (χ0n) is 9.97. The van der Waals surface area contributed by atoms with E-state index in [-0.39, 0.29) is 11.1 Å². The minimum atomic E-state index is -0.716. The van der Waals surface area contributed by atoms with Crippen molar-refractivity contribution < 1.29 is 19.2 Å². The van der Waals surface area contributed by atoms with E-state index in [9.17, 15) is 14.4 Å². The van der Waals surface area contributed by atoms with Crippen molar-refractivity contribution in [3.63, 3.8) is 0 Å². The maximum absolute atomic E-state index is 11.9. The number of nitrogens with zero attached hydrogens (tertiary/aromatic N) is 1. The average Bonchev–Trinajstić information content (AvgIpc) is 2.63. The van der Waals surface area contributed by atoms with Gasteiger partial charge in [0.05, 0.1) is 11.1 Å². The van der Waals surface area contributed by atoms with Gasteiger partial charge in [-0.3, -0.25) is 9.59 Å². The second-order valence-electron chi connectivity index (χ2n) is 3.80. The lowest BCUT2D eigenvalue weighted by Crippen LogP contribution is -2.32. The van der Waals surface area contributed by atoms with E-state index in [1.54, 1.807) is 32.1 Å². The fourth-order valence-corrected chi connectivity index (χ4v) is 1.52. The van der Waals surface area contributed by atoms with Gasteiger partial charge in [0, 0.05) is 5.57 Å². The Bertz CT molecular complexity index is 539. The molecule has 0 fully saturated rings. The first-order chi connectivity index (χ1) is 8.56. The second kappa shape index (κ2) is 4.44. The van der Waals surface area contributed by atoms with Gasteiger partial charge < -0.3 is 4.84 Å². The summed E-state index contributed by atoms with van der Waals surface area (Å²) in [7, 11) is 0. The summed E-state index contributed by atoms with van der Waals surface area (Å²) in [6.45, 7) is 3.21. The molecule has 0 spiro atoms. The number of amides is 2. The fourth-order valence-electron chi connectivity index (χ4n) is 1.52. The van der Waals surface area contributed by atoms with Gasteiger partial charge in [-0.25, -0.2) is 4.79 Å². The highest BCUT2D eigenvalue weighted by Crippen LogP contribution is 2.23. The van der Waals surface area contributed by atoms with Gasteiger partial charge in [0.1, 0.15) is 0 Å². The Morgan fingerprint density at radius 3 is 2.11 bits per heavy atom. The number of hydrogen-bond acceptors (Lipinski definition) is 4. The lowest BCUT2D eigenvalue weighted by molar-refractivity contribution is -0.163. The van der Waals surface area contributed by atoms with E-state index in [1.807, 2.05) is 0 Å². The zero-order chi connectivity index (χ0) is 13.3. The number of fused-ring (bicyclic) bond motifs is 1. The lowest BCUT2D eigenvalue weighted by Gasteiger charge is -2.12. The molecule has 0 N–H and O–H groups in total. The molecule has 0 atom stereocenters. The van der Waals surface area contributed by atoms with Crippen molar-refractivity contribution in [3.05, 3.63) is 47.0 Å². The number of carbonyl (C=O) groups is 3. The number of allylic oxidation sites excluding steroid dienone is 1. The van der Waals surface area contributed by atoms with Crippen LogP contribution in [0.5, 0.6) is 0 Å². The molecule has 0 radical (unpaired) electrons. The van der Waals surface area contributed by atoms with Crippen molar-refractivity contribution in [3.8, 4) is 0 Å². The van der Waals surface area contributed by atoms with Crippen molar-refractivity contribution in [2.24, 2.45) is 0 Å². The summed E-state index contributed by atoms with van der Waals surface area (Å²) in [5.41, 5.74) is 0.813. The van der Waals surface area contributed by atoms with Crippen LogP contribution >= 0.6 is 0 Å². The molecule has 1 aromatic rings. The highest BCUT2D eigenvalue weighted by Gasteiger charge is 2.38. The largest absolute Gasteiger partial charge is 0.359 e. The Labute approximate surface area is 104 Å². The topological polar surface area (TPSA) is 63.7 Å². The summed E-state index contributed by atoms with van der Waals surface area (Å²) in [6.07, 6.45) is 1.54. The molecule has 0 bridgehead atoms. The van der Waals surface area contributed by atoms with Gasteiger partial charge >= 0.3 is 5.97 Å². The highest BCUT2D eigenvalue weighted by atomic mass is 16.7. The first-order valence-electron chi connectivity index (χ1n) is 5.39. The molecule has 1 aliphatic rings. The van der Waals surface area contributed by atoms with Crippen LogP contribution in [0, 0.1) is 0 Å². The summed E-state index contributed by atoms with van der Waals surface area (Å²) < 4.78 is 0. The van der Waals surface area contributed by atoms with Crippen molar-refractivity contribution in [1.29, 1.82) is 0 Å². The van der Waals surface area contributed by atoms with Crippen LogP contribution in [0.25, 0.3) is 0 Å². The van der Waals surface area contributed by atoms with Crippen LogP contribution in [0.3, 0.4) is 0 Å². The van der Waals surface area contributed by atoms with Crippen LogP contribution in [-0.2, 0) is 9.63 Å². The summed E-state index contributed by atoms with van der Waals surface area (Å²) >= 11 is 0. The summed E-state index contributed by atoms with van der Waals surface area (Å²) in [4.78, 5) is 40.1. The van der Waals surface area contributed by atoms with Gasteiger partial charge in [0.25, 0.3) is 11.8 Å². The van der Waals surface area contributed by atoms with Gasteiger partial charge in [-0.15, -0.1) is 0 Å². The number of carbonyl (C=O) groups excluding carboxylic acids is 3. The molecule has 5 heteroatoms. The van der Waals surface area contributed by atoms with Gasteiger partial charge in [0.15, 0.2) is 0 Å². The predicted molar refractivity (Wildman–Crippen MR) is 62.5 cm³/mol. The molecule has 2 amide bonds. The number of imide groups is 1. The van der Waals surface area contributed by atoms with E-state index in [0.29, 0.717) is 10.6 Å². The number of hydrogen-bond donors (Lipinski definition) is 0. The van der Waals surface area contributed by atoms with Crippen LogP contribution in [0.2, 0.25) is 0 Å². The molecule has 0 saturated carbocycles. The van der Waals surface area contributed by atoms with Gasteiger partial charge in [0.2, 0.25) is 0 Å². The SMILES string of the molecule is CC=C(C)C(=O)ON1C(=O)c2ccccc2C1=O. The van der Waals surface area contributed by atoms with E-state index >= 15 is 0 Å². The van der Waals surface area contributed by atoms with E-state index in [2.05, 4.69) is 0 Å². The maximum Gasteiger partial charge on any atom is 0.359 e. The molecule has 2 rings (SSSR count). The standard InChI is InChI=1S/C13H11NO4/c1-3-8(2)13(17)18-14-11(15)9-6-4-5-7-10(9)12(14)16/h3-7H,1-2H3. The molecule has 1 heterocycles. The second-order valence-corrected chi connectivity index (χ2v) is 3.80. The highest BCUT2D eigenvalue weighted by molar-refractivity contribution is 6.21. The molecule has 1 aliphatic heterocycles. The van der Waals surface area contributed by atoms with Gasteiger partial charge in [-0.2, -0.15) is 0 Å². The molecule has 92 valence electrons. The van der Waals surface area contributed by atoms with E-state index in [1.165, 1.54) is 12.1 Å². The zero-order valence-corrected chi connectivity index (χ0v) is 9.97. The molecule has 0 unspecified atom stereocenters. The van der Waals surface area contributed by atoms with Crippen molar-refractivity contribution in [2.45, 2.75) is 13.8 Å². The first kappa shape index (κ1) is 12.0. The van der Waals surface area contributed by atoms with E-state index in [0.717, 1.165) is 0 Å². The summed E-state index contributed by atoms with van der Waals surface area (Å²) in [5, 5.41) is 0.500. The van der Waals surface area contributed by atoms with E-state index < -0.39 is 17.8 Å². The van der Waals surface area contributed by atoms with Crippen LogP contribution < -0.4 is 0 Å². The quantitative estimate of drug-likeness (QED) is 0.587. The monoisotopic (exact) mass is 245 g/mol. The van der Waals surface area contributed by atoms with Crippen molar-refractivity contribution >= 4 is 17.8 Å². The maximum atomic E-state index is 11.9. The third-order valence-electron chi connectivity index (χ3n) is 2.69. The summed E-state index contributed by atoms with van der Waals surface area (Å²) in [5.74, 6) is -1.95. The number of rotatable bonds is 2. The molecule has 18 heavy (non-hydrogen) atoms. The van der Waals surface area contributed by atoms with Crippen LogP contribution in [0.1, 0.15) is 34.6 Å². The Morgan fingerprint density at radius 1 is 1.17 bits per heavy atom. The minimum Gasteiger partial charge on any atom is -0.325 e. The fraction of sp³-hybridized carbons (Fsp3) is 0.154. The average molecular weight is 245 g/mol. The summed E-state index contributed by atoms with van der Waals surface area (Å²) in [6, 6.07) is 6.33. The van der Waals surface area contributed by atoms with Crippen molar-refractivity contribution in [2.75, 3.05) is 0 Å². The van der Waals surface area contributed by atoms with Gasteiger partial charge in [-0.1, -0.05) is 23.3 Å². The molecule has 0 aliphatic carbocycles. The third-order valence-corrected chi connectivity index (χ3v) is 2.69. The third kappa shape index (κ3) is 1.79. The Morgan fingerprint density at radius 2 is 1.67 bits per heavy atom. The van der Waals surface area contributed by atoms with Crippen molar-refractivity contribution in [1.82, 2.24) is 5.06 Å². The Hall–Kier alpha value is -2.43. The van der Waals surface area contributed by atoms with E-state index in [4.69, 9.17) is 4.84 Å². The normalized spacial score (nSPS) is 14.8. The predicted octanol–water partition coefficient (Wildman–Crippen LogP) is 1.71. The van der Waals surface area contributed by atoms with Crippen LogP contribution in [-0.4, -0.2) is 22.8 Å². The Kier molecular flexibility index (Phi) is 2.97. The van der Waals surface area contributed by atoms with Crippen LogP contribution in [0.4, 0.5) is 0 Å². The molecular formula is C13H11NO4. The number of benzene rings is 1. The molecular weight excluding hydrogens is 234 g/mol. The number of hydroxylamine groups is 2. The lowest BCUT2D eigenvalue weighted by atomic mass is 10.1.